The number of sulfone groups is 1. The number of pyridine rings is 1. The van der Waals surface area contributed by atoms with E-state index in [0.29, 0.717) is 17.9 Å². The lowest BCUT2D eigenvalue weighted by Crippen LogP contribution is -2.29. The van der Waals surface area contributed by atoms with Crippen molar-refractivity contribution in [2.24, 2.45) is 4.99 Å². The molecule has 3 aromatic rings. The summed E-state index contributed by atoms with van der Waals surface area (Å²) in [7, 11) is -3.02. The molecule has 4 heterocycles. The number of amidine groups is 1. The third-order valence-electron chi connectivity index (χ3n) is 5.78. The summed E-state index contributed by atoms with van der Waals surface area (Å²) in [5.74, 6) is 0.260. The summed E-state index contributed by atoms with van der Waals surface area (Å²) >= 11 is 1.51. The number of hydrogen-bond donors (Lipinski definition) is 0. The molecule has 1 fully saturated rings. The lowest BCUT2D eigenvalue weighted by atomic mass is 10.1. The molecule has 0 bridgehead atoms. The molecule has 2 aliphatic rings. The number of rotatable bonds is 3. The molecule has 2 atom stereocenters. The molecule has 9 heteroatoms. The van der Waals surface area contributed by atoms with Crippen molar-refractivity contribution in [2.75, 3.05) is 16.4 Å². The van der Waals surface area contributed by atoms with Crippen LogP contribution < -0.4 is 10.5 Å². The van der Waals surface area contributed by atoms with Gasteiger partial charge in [-0.15, -0.1) is 0 Å². The third kappa shape index (κ3) is 3.87. The molecule has 2 aromatic heterocycles. The van der Waals surface area contributed by atoms with Crippen LogP contribution in [0.15, 0.2) is 58.4 Å². The number of anilines is 1. The first-order valence-corrected chi connectivity index (χ1v) is 12.8. The van der Waals surface area contributed by atoms with Gasteiger partial charge in [0.1, 0.15) is 5.65 Å². The van der Waals surface area contributed by atoms with Crippen LogP contribution in [0, 0.1) is 13.8 Å². The Morgan fingerprint density at radius 2 is 1.97 bits per heavy atom. The van der Waals surface area contributed by atoms with Gasteiger partial charge in [0.25, 0.3) is 5.56 Å². The molecule has 160 valence electrons. The molecule has 1 saturated heterocycles. The fraction of sp³-hybridized carbons (Fsp3) is 0.318. The van der Waals surface area contributed by atoms with Gasteiger partial charge in [0.2, 0.25) is 0 Å². The molecule has 0 unspecified atom stereocenters. The lowest BCUT2D eigenvalue weighted by molar-refractivity contribution is 0.601. The molecule has 0 saturated carbocycles. The topological polar surface area (TPSA) is 84.1 Å². The van der Waals surface area contributed by atoms with Crippen molar-refractivity contribution in [3.63, 3.8) is 0 Å². The average Bonchev–Trinajstić information content (AvgIpc) is 3.22. The Bertz CT molecular complexity index is 1380. The van der Waals surface area contributed by atoms with Gasteiger partial charge in [0.15, 0.2) is 15.0 Å². The normalized spacial score (nSPS) is 21.8. The zero-order chi connectivity index (χ0) is 21.8. The summed E-state index contributed by atoms with van der Waals surface area (Å²) in [5.41, 5.74) is 4.39. The standard InChI is InChI=1S/C22H22N4O3S2/c1-14-6-7-17(9-15(14)2)26(22-24-18-12-31(28,29)13-19(18)30-22)11-16-10-21(27)25-8-4-3-5-20(25)23-16/h3-10,18-19H,11-13H2,1-2H3/t18-,19-/m1/s1. The van der Waals surface area contributed by atoms with Crippen molar-refractivity contribution >= 4 is 38.1 Å². The van der Waals surface area contributed by atoms with E-state index in [1.54, 1.807) is 18.3 Å². The fourth-order valence-electron chi connectivity index (χ4n) is 3.98. The second kappa shape index (κ2) is 7.49. The van der Waals surface area contributed by atoms with Gasteiger partial charge in [-0.3, -0.25) is 14.2 Å². The summed E-state index contributed by atoms with van der Waals surface area (Å²) in [5, 5.41) is 0.729. The second-order valence-electron chi connectivity index (χ2n) is 8.08. The molecule has 0 aliphatic carbocycles. The van der Waals surface area contributed by atoms with Crippen molar-refractivity contribution in [3.05, 3.63) is 75.8 Å². The number of nitrogens with zero attached hydrogens (tertiary/aromatic N) is 4. The summed E-state index contributed by atoms with van der Waals surface area (Å²) in [6, 6.07) is 13.0. The zero-order valence-corrected chi connectivity index (χ0v) is 18.9. The highest BCUT2D eigenvalue weighted by Crippen LogP contribution is 2.37. The molecule has 7 nitrogen and oxygen atoms in total. The van der Waals surface area contributed by atoms with Crippen LogP contribution in [-0.4, -0.2) is 45.8 Å². The molecule has 5 rings (SSSR count). The van der Waals surface area contributed by atoms with E-state index in [2.05, 4.69) is 31.0 Å². The van der Waals surface area contributed by atoms with E-state index in [1.807, 2.05) is 23.1 Å². The Balaban J connectivity index is 1.55. The molecule has 2 aliphatic heterocycles. The predicted octanol–water partition coefficient (Wildman–Crippen LogP) is 2.59. The minimum absolute atomic E-state index is 0.0516. The highest BCUT2D eigenvalue weighted by atomic mass is 32.2. The number of aryl methyl sites for hydroxylation is 2. The Morgan fingerprint density at radius 1 is 1.13 bits per heavy atom. The van der Waals surface area contributed by atoms with Gasteiger partial charge in [-0.2, -0.15) is 0 Å². The Morgan fingerprint density at radius 3 is 2.74 bits per heavy atom. The van der Waals surface area contributed by atoms with Crippen molar-refractivity contribution in [1.29, 1.82) is 0 Å². The molecule has 0 spiro atoms. The monoisotopic (exact) mass is 454 g/mol. The quantitative estimate of drug-likeness (QED) is 0.605. The highest BCUT2D eigenvalue weighted by Gasteiger charge is 2.44. The minimum atomic E-state index is -3.02. The zero-order valence-electron chi connectivity index (χ0n) is 17.2. The van der Waals surface area contributed by atoms with Crippen LogP contribution in [-0.2, 0) is 16.4 Å². The van der Waals surface area contributed by atoms with Gasteiger partial charge in [-0.25, -0.2) is 13.4 Å². The summed E-state index contributed by atoms with van der Waals surface area (Å²) in [6.45, 7) is 4.50. The molecule has 31 heavy (non-hydrogen) atoms. The van der Waals surface area contributed by atoms with E-state index in [-0.39, 0.29) is 28.4 Å². The van der Waals surface area contributed by atoms with E-state index in [1.165, 1.54) is 21.7 Å². The number of aromatic nitrogens is 2. The van der Waals surface area contributed by atoms with Crippen LogP contribution in [0.25, 0.3) is 5.65 Å². The number of fused-ring (bicyclic) bond motifs is 2. The van der Waals surface area contributed by atoms with Gasteiger partial charge in [0.05, 0.1) is 29.8 Å². The molecule has 0 amide bonds. The van der Waals surface area contributed by atoms with Crippen LogP contribution in [0.1, 0.15) is 16.8 Å². The molecule has 0 radical (unpaired) electrons. The van der Waals surface area contributed by atoms with Crippen LogP contribution in [0.3, 0.4) is 0 Å². The molecule has 0 N–H and O–H groups in total. The van der Waals surface area contributed by atoms with E-state index < -0.39 is 9.84 Å². The predicted molar refractivity (Wildman–Crippen MR) is 125 cm³/mol. The van der Waals surface area contributed by atoms with Gasteiger partial charge < -0.3 is 4.90 Å². The first-order chi connectivity index (χ1) is 14.8. The summed E-state index contributed by atoms with van der Waals surface area (Å²) in [4.78, 5) is 24.1. The first-order valence-electron chi connectivity index (χ1n) is 10.1. The third-order valence-corrected chi connectivity index (χ3v) is 9.03. The van der Waals surface area contributed by atoms with E-state index in [4.69, 9.17) is 4.99 Å². The van der Waals surface area contributed by atoms with Gasteiger partial charge >= 0.3 is 0 Å². The maximum atomic E-state index is 12.6. The number of benzene rings is 1. The van der Waals surface area contributed by atoms with Crippen LogP contribution in [0.2, 0.25) is 0 Å². The van der Waals surface area contributed by atoms with Crippen molar-refractivity contribution in [3.8, 4) is 0 Å². The Kier molecular flexibility index (Phi) is 4.90. The number of hydrogen-bond acceptors (Lipinski definition) is 7. The van der Waals surface area contributed by atoms with Crippen LogP contribution in [0.5, 0.6) is 0 Å². The Hall–Kier alpha value is -2.65. The van der Waals surface area contributed by atoms with Crippen LogP contribution in [0.4, 0.5) is 5.69 Å². The average molecular weight is 455 g/mol. The minimum Gasteiger partial charge on any atom is -0.315 e. The van der Waals surface area contributed by atoms with E-state index in [9.17, 15) is 13.2 Å². The van der Waals surface area contributed by atoms with Crippen molar-refractivity contribution in [1.82, 2.24) is 9.38 Å². The summed E-state index contributed by atoms with van der Waals surface area (Å²) in [6.07, 6.45) is 1.70. The number of aliphatic imine (C=N–C) groups is 1. The van der Waals surface area contributed by atoms with E-state index in [0.717, 1.165) is 16.4 Å². The van der Waals surface area contributed by atoms with Crippen LogP contribution >= 0.6 is 11.8 Å². The van der Waals surface area contributed by atoms with E-state index >= 15 is 0 Å². The Labute approximate surface area is 184 Å². The smallest absolute Gasteiger partial charge is 0.258 e. The maximum Gasteiger partial charge on any atom is 0.258 e. The largest absolute Gasteiger partial charge is 0.315 e. The molecular weight excluding hydrogens is 432 g/mol. The molecular formula is C22H22N4O3S2. The van der Waals surface area contributed by atoms with Gasteiger partial charge in [0, 0.05) is 23.2 Å². The van der Waals surface area contributed by atoms with Gasteiger partial charge in [-0.1, -0.05) is 23.9 Å². The first kappa shape index (κ1) is 20.3. The lowest BCUT2D eigenvalue weighted by Gasteiger charge is -2.25. The fourth-order valence-corrected chi connectivity index (χ4v) is 7.76. The maximum absolute atomic E-state index is 12.6. The molecule has 1 aromatic carbocycles. The SMILES string of the molecule is Cc1ccc(N(Cc2cc(=O)n3ccccc3n2)C2=N[C@@H]3CS(=O)(=O)C[C@H]3S2)cc1C. The van der Waals surface area contributed by atoms with Crippen molar-refractivity contribution in [2.45, 2.75) is 31.7 Å². The highest BCUT2D eigenvalue weighted by molar-refractivity contribution is 8.15. The van der Waals surface area contributed by atoms with Gasteiger partial charge in [-0.05, 0) is 49.2 Å². The summed E-state index contributed by atoms with van der Waals surface area (Å²) < 4.78 is 25.5. The second-order valence-corrected chi connectivity index (χ2v) is 11.4. The number of thioether (sulfide) groups is 1. The van der Waals surface area contributed by atoms with Crippen molar-refractivity contribution < 1.29 is 8.42 Å².